The molecule has 0 aromatic heterocycles. The van der Waals surface area contributed by atoms with Crippen LogP contribution < -0.4 is 6.15 Å². The summed E-state index contributed by atoms with van der Waals surface area (Å²) in [5.74, 6) is 0. The van der Waals surface area contributed by atoms with Crippen LogP contribution in [0.4, 0.5) is 0 Å². The minimum absolute atomic E-state index is 0. The molecule has 4 nitrogen and oxygen atoms in total. The molecule has 0 heterocycles. The average molecular weight is 231 g/mol. The van der Waals surface area contributed by atoms with Gasteiger partial charge in [-0.3, -0.25) is 4.18 Å². The van der Waals surface area contributed by atoms with Crippen LogP contribution in [-0.4, -0.2) is 15.0 Å². The van der Waals surface area contributed by atoms with E-state index >= 15 is 0 Å². The van der Waals surface area contributed by atoms with Gasteiger partial charge in [0.1, 0.15) is 0 Å². The Balaban J connectivity index is 0.00000196. The van der Waals surface area contributed by atoms with Gasteiger partial charge >= 0.3 is 0 Å². The summed E-state index contributed by atoms with van der Waals surface area (Å²) in [7, 11) is -3.53. The quantitative estimate of drug-likeness (QED) is 0.623. The van der Waals surface area contributed by atoms with Crippen molar-refractivity contribution in [3.05, 3.63) is 30.3 Å². The molecule has 1 aromatic carbocycles. The lowest BCUT2D eigenvalue weighted by molar-refractivity contribution is 0.311. The Hall–Kier alpha value is -0.910. The van der Waals surface area contributed by atoms with Crippen LogP contribution in [0.3, 0.4) is 0 Å². The van der Waals surface area contributed by atoms with Crippen LogP contribution in [0.5, 0.6) is 0 Å². The molecule has 0 saturated heterocycles. The molecule has 15 heavy (non-hydrogen) atoms. The van der Waals surface area contributed by atoms with Crippen molar-refractivity contribution in [3.63, 3.8) is 0 Å². The zero-order valence-corrected chi connectivity index (χ0v) is 9.66. The minimum atomic E-state index is -3.53. The topological polar surface area (TPSA) is 78.4 Å². The molecule has 5 heteroatoms. The van der Waals surface area contributed by atoms with Crippen molar-refractivity contribution >= 4 is 10.1 Å². The number of hydrogen-bond acceptors (Lipinski definition) is 4. The normalized spacial score (nSPS) is 10.7. The zero-order chi connectivity index (χ0) is 10.4. The fraction of sp³-hybridized carbons (Fsp3) is 0.400. The fourth-order valence-corrected chi connectivity index (χ4v) is 1.93. The minimum Gasteiger partial charge on any atom is -0.344 e. The molecule has 0 aliphatic heterocycles. The highest BCUT2D eigenvalue weighted by atomic mass is 32.2. The van der Waals surface area contributed by atoms with Gasteiger partial charge in [0, 0.05) is 0 Å². The highest BCUT2D eigenvalue weighted by Crippen LogP contribution is 2.11. The summed E-state index contributed by atoms with van der Waals surface area (Å²) < 4.78 is 27.8. The van der Waals surface area contributed by atoms with Gasteiger partial charge in [0.15, 0.2) is 0 Å². The Morgan fingerprint density at radius 3 is 2.33 bits per heavy atom. The molecule has 0 atom stereocenters. The number of unbranched alkanes of at least 4 members (excludes halogenated alkanes) is 1. The summed E-state index contributed by atoms with van der Waals surface area (Å²) in [4.78, 5) is 0.219. The molecule has 0 saturated carbocycles. The Morgan fingerprint density at radius 1 is 1.20 bits per heavy atom. The smallest absolute Gasteiger partial charge is 0.296 e. The summed E-state index contributed by atoms with van der Waals surface area (Å²) in [5.41, 5.74) is 0. The molecule has 0 spiro atoms. The summed E-state index contributed by atoms with van der Waals surface area (Å²) >= 11 is 0. The van der Waals surface area contributed by atoms with E-state index in [1.807, 2.05) is 6.92 Å². The average Bonchev–Trinajstić information content (AvgIpc) is 2.19. The Bertz CT molecular complexity index is 362. The lowest BCUT2D eigenvalue weighted by atomic mass is 10.4. The lowest BCUT2D eigenvalue weighted by Crippen LogP contribution is -2.07. The third-order valence-electron chi connectivity index (χ3n) is 1.77. The molecule has 0 radical (unpaired) electrons. The van der Waals surface area contributed by atoms with Crippen molar-refractivity contribution in [2.24, 2.45) is 0 Å². The summed E-state index contributed by atoms with van der Waals surface area (Å²) in [6, 6.07) is 8.18. The van der Waals surface area contributed by atoms with E-state index in [-0.39, 0.29) is 17.7 Å². The van der Waals surface area contributed by atoms with Crippen molar-refractivity contribution in [2.75, 3.05) is 6.61 Å². The third-order valence-corrected chi connectivity index (χ3v) is 3.09. The molecule has 0 aliphatic rings. The first kappa shape index (κ1) is 14.1. The highest BCUT2D eigenvalue weighted by Gasteiger charge is 2.13. The third kappa shape index (κ3) is 4.42. The largest absolute Gasteiger partial charge is 0.344 e. The maximum Gasteiger partial charge on any atom is 0.296 e. The highest BCUT2D eigenvalue weighted by molar-refractivity contribution is 7.86. The van der Waals surface area contributed by atoms with Crippen LogP contribution in [0, 0.1) is 0 Å². The van der Waals surface area contributed by atoms with E-state index in [4.69, 9.17) is 4.18 Å². The fourth-order valence-electron chi connectivity index (χ4n) is 0.968. The summed E-state index contributed by atoms with van der Waals surface area (Å²) in [5, 5.41) is 0. The van der Waals surface area contributed by atoms with E-state index in [0.29, 0.717) is 0 Å². The second-order valence-electron chi connectivity index (χ2n) is 2.94. The van der Waals surface area contributed by atoms with Crippen LogP contribution in [0.15, 0.2) is 35.2 Å². The van der Waals surface area contributed by atoms with Crippen LogP contribution >= 0.6 is 0 Å². The van der Waals surface area contributed by atoms with Gasteiger partial charge in [-0.1, -0.05) is 31.5 Å². The van der Waals surface area contributed by atoms with Crippen LogP contribution in [0.1, 0.15) is 19.8 Å². The lowest BCUT2D eigenvalue weighted by Gasteiger charge is -2.03. The van der Waals surface area contributed by atoms with E-state index in [1.165, 1.54) is 12.1 Å². The van der Waals surface area contributed by atoms with Gasteiger partial charge in [0.2, 0.25) is 0 Å². The van der Waals surface area contributed by atoms with E-state index in [2.05, 4.69) is 0 Å². The van der Waals surface area contributed by atoms with Crippen LogP contribution in [0.2, 0.25) is 0 Å². The second kappa shape index (κ2) is 6.55. The molecule has 0 amide bonds. The Morgan fingerprint density at radius 2 is 1.80 bits per heavy atom. The first-order valence-electron chi connectivity index (χ1n) is 4.61. The predicted molar refractivity (Wildman–Crippen MR) is 59.5 cm³/mol. The summed E-state index contributed by atoms with van der Waals surface area (Å²) in [6.07, 6.45) is 1.68. The first-order chi connectivity index (χ1) is 6.67. The molecular formula is C10H17NO3S. The van der Waals surface area contributed by atoms with Gasteiger partial charge in [-0.25, -0.2) is 0 Å². The van der Waals surface area contributed by atoms with Gasteiger partial charge in [-0.15, -0.1) is 0 Å². The molecular weight excluding hydrogens is 214 g/mol. The van der Waals surface area contributed by atoms with Crippen molar-refractivity contribution in [1.82, 2.24) is 6.15 Å². The van der Waals surface area contributed by atoms with E-state index in [9.17, 15) is 8.42 Å². The molecule has 0 aliphatic carbocycles. The SMILES string of the molecule is CCCCOS(=O)(=O)c1ccccc1.N. The van der Waals surface area contributed by atoms with Gasteiger partial charge in [-0.2, -0.15) is 8.42 Å². The van der Waals surface area contributed by atoms with Gasteiger partial charge in [-0.05, 0) is 18.6 Å². The molecule has 0 bridgehead atoms. The maximum atomic E-state index is 11.5. The van der Waals surface area contributed by atoms with Gasteiger partial charge in [0.25, 0.3) is 10.1 Å². The van der Waals surface area contributed by atoms with E-state index < -0.39 is 10.1 Å². The molecule has 1 rings (SSSR count). The number of rotatable bonds is 5. The predicted octanol–water partition coefficient (Wildman–Crippen LogP) is 2.35. The van der Waals surface area contributed by atoms with Crippen molar-refractivity contribution in [1.29, 1.82) is 0 Å². The Kier molecular flexibility index (Phi) is 6.15. The van der Waals surface area contributed by atoms with E-state index in [1.54, 1.807) is 18.2 Å². The monoisotopic (exact) mass is 231 g/mol. The zero-order valence-electron chi connectivity index (χ0n) is 8.85. The maximum absolute atomic E-state index is 11.5. The second-order valence-corrected chi connectivity index (χ2v) is 4.56. The van der Waals surface area contributed by atoms with Crippen molar-refractivity contribution < 1.29 is 12.6 Å². The van der Waals surface area contributed by atoms with Crippen molar-refractivity contribution in [3.8, 4) is 0 Å². The standard InChI is InChI=1S/C10H14O3S.H3N/c1-2-3-9-13-14(11,12)10-7-5-4-6-8-10;/h4-8H,2-3,9H2,1H3;1H3. The van der Waals surface area contributed by atoms with Gasteiger partial charge < -0.3 is 6.15 Å². The first-order valence-corrected chi connectivity index (χ1v) is 6.02. The van der Waals surface area contributed by atoms with Crippen molar-refractivity contribution in [2.45, 2.75) is 24.7 Å². The molecule has 86 valence electrons. The Labute approximate surface area is 91.0 Å². The van der Waals surface area contributed by atoms with Gasteiger partial charge in [0.05, 0.1) is 11.5 Å². The number of benzene rings is 1. The number of hydrogen-bond donors (Lipinski definition) is 1. The van der Waals surface area contributed by atoms with E-state index in [0.717, 1.165) is 12.8 Å². The molecule has 0 unspecified atom stereocenters. The van der Waals surface area contributed by atoms with Crippen LogP contribution in [0.25, 0.3) is 0 Å². The molecule has 1 aromatic rings. The molecule has 0 fully saturated rings. The molecule has 3 N–H and O–H groups in total. The summed E-state index contributed by atoms with van der Waals surface area (Å²) in [6.45, 7) is 2.24. The van der Waals surface area contributed by atoms with Crippen LogP contribution in [-0.2, 0) is 14.3 Å².